The minimum atomic E-state index is -1.93. The van der Waals surface area contributed by atoms with Gasteiger partial charge in [0.15, 0.2) is 5.96 Å². The molecule has 0 aliphatic heterocycles. The summed E-state index contributed by atoms with van der Waals surface area (Å²) in [5.41, 5.74) is 17.0. The quantitative estimate of drug-likeness (QED) is 0.0181. The molecule has 18 N–H and O–H groups in total. The molecule has 1 aromatic rings. The zero-order chi connectivity index (χ0) is 54.8. The van der Waals surface area contributed by atoms with E-state index in [0.29, 0.717) is 12.0 Å². The normalized spacial score (nSPS) is 15.1. The number of amides is 8. The molecule has 0 aliphatic rings. The summed E-state index contributed by atoms with van der Waals surface area (Å²) in [6, 6.07) is -3.93. The molecule has 0 saturated heterocycles. The number of nitrogens with zero attached hydrogens (tertiary/aromatic N) is 1. The number of aliphatic hydroxyl groups excluding tert-OH is 1. The van der Waals surface area contributed by atoms with Crippen LogP contribution in [0.5, 0.6) is 0 Å². The first-order valence-corrected chi connectivity index (χ1v) is 23.3. The van der Waals surface area contributed by atoms with Crippen LogP contribution in [0.2, 0.25) is 0 Å². The van der Waals surface area contributed by atoms with Gasteiger partial charge in [-0.15, -0.1) is 0 Å². The van der Waals surface area contributed by atoms with E-state index in [1.165, 1.54) is 13.8 Å². The Morgan fingerprint density at radius 2 is 1.17 bits per heavy atom. The van der Waals surface area contributed by atoms with Crippen LogP contribution in [-0.2, 0) is 59.2 Å². The highest BCUT2D eigenvalue weighted by Crippen LogP contribution is 2.11. The fourth-order valence-electron chi connectivity index (χ4n) is 6.63. The van der Waals surface area contributed by atoms with Crippen molar-refractivity contribution in [3.63, 3.8) is 0 Å². The lowest BCUT2D eigenvalue weighted by atomic mass is 9.97. The lowest BCUT2D eigenvalue weighted by molar-refractivity contribution is -0.143. The number of carboxylic acid groups (broad SMARTS) is 3. The van der Waals surface area contributed by atoms with Crippen molar-refractivity contribution in [3.8, 4) is 0 Å². The molecular weight excluding hydrogens is 949 g/mol. The molecule has 72 heavy (non-hydrogen) atoms. The molecule has 0 unspecified atom stereocenters. The van der Waals surface area contributed by atoms with Crippen LogP contribution in [0.4, 0.5) is 0 Å². The molecule has 402 valence electrons. The van der Waals surface area contributed by atoms with E-state index in [2.05, 4.69) is 47.5 Å². The highest BCUT2D eigenvalue weighted by Gasteiger charge is 2.35. The number of guanidine groups is 1. The fraction of sp³-hybridized carbons (Fsp3) is 0.600. The van der Waals surface area contributed by atoms with E-state index in [9.17, 15) is 73.2 Å². The average Bonchev–Trinajstić information content (AvgIpc) is 3.30. The SMILES string of the molecule is CC[C@H](C)[C@H](NC(=O)[C@@H](N)[C@@H](C)O)C(=O)NCC(=O)N[C@@H](CCCN=C(N)N)C(=O)N[C@@H](CC(=O)O)C(=O)N[C@@H](Cc1ccccc1)C(=O)N[C@@H](CCC(=O)O)C(=O)N[C@@H](C)C(=O)N[C@@H](CC(C)C)C(=O)O. The molecule has 1 aromatic carbocycles. The number of carbonyl (C=O) groups is 11. The van der Waals surface area contributed by atoms with Crippen molar-refractivity contribution < 1.29 is 73.2 Å². The minimum Gasteiger partial charge on any atom is -0.481 e. The van der Waals surface area contributed by atoms with Crippen LogP contribution in [-0.4, -0.2) is 159 Å². The minimum absolute atomic E-state index is 0.0417. The average molecular weight is 1020 g/mol. The first-order valence-electron chi connectivity index (χ1n) is 23.3. The van der Waals surface area contributed by atoms with E-state index < -0.39 is 151 Å². The van der Waals surface area contributed by atoms with Gasteiger partial charge in [-0.05, 0) is 56.9 Å². The summed E-state index contributed by atoms with van der Waals surface area (Å²) < 4.78 is 0. The number of hydrogen-bond donors (Lipinski definition) is 15. The Morgan fingerprint density at radius 1 is 0.625 bits per heavy atom. The zero-order valence-corrected chi connectivity index (χ0v) is 41.3. The van der Waals surface area contributed by atoms with Gasteiger partial charge in [-0.2, -0.15) is 0 Å². The van der Waals surface area contributed by atoms with Crippen LogP contribution in [0, 0.1) is 11.8 Å². The number of rotatable bonds is 33. The zero-order valence-electron chi connectivity index (χ0n) is 41.3. The molecule has 27 nitrogen and oxygen atoms in total. The van der Waals surface area contributed by atoms with Gasteiger partial charge in [0, 0.05) is 19.4 Å². The predicted octanol–water partition coefficient (Wildman–Crippen LogP) is -3.96. The third-order valence-corrected chi connectivity index (χ3v) is 10.9. The van der Waals surface area contributed by atoms with E-state index in [-0.39, 0.29) is 44.1 Å². The lowest BCUT2D eigenvalue weighted by Crippen LogP contribution is -2.60. The van der Waals surface area contributed by atoms with Crippen molar-refractivity contribution >= 4 is 71.1 Å². The maximum atomic E-state index is 14.0. The van der Waals surface area contributed by atoms with Gasteiger partial charge >= 0.3 is 17.9 Å². The Kier molecular flexibility index (Phi) is 27.6. The van der Waals surface area contributed by atoms with Gasteiger partial charge in [-0.1, -0.05) is 64.4 Å². The Labute approximate surface area is 416 Å². The van der Waals surface area contributed by atoms with Gasteiger partial charge in [0.1, 0.15) is 48.3 Å². The molecule has 0 spiro atoms. The fourth-order valence-corrected chi connectivity index (χ4v) is 6.63. The summed E-state index contributed by atoms with van der Waals surface area (Å²) >= 11 is 0. The Bertz CT molecular complexity index is 2070. The highest BCUT2D eigenvalue weighted by molar-refractivity contribution is 5.98. The van der Waals surface area contributed by atoms with Crippen LogP contribution in [0.3, 0.4) is 0 Å². The van der Waals surface area contributed by atoms with Crippen LogP contribution in [0.25, 0.3) is 0 Å². The van der Waals surface area contributed by atoms with Crippen molar-refractivity contribution in [2.75, 3.05) is 13.1 Å². The maximum absolute atomic E-state index is 14.0. The number of nitrogens with two attached hydrogens (primary N) is 3. The summed E-state index contributed by atoms with van der Waals surface area (Å²) in [7, 11) is 0. The molecular formula is C45H72N12O15. The molecule has 0 aromatic heterocycles. The number of carboxylic acids is 3. The van der Waals surface area contributed by atoms with E-state index in [1.54, 1.807) is 58.0 Å². The molecule has 8 amide bonds. The van der Waals surface area contributed by atoms with E-state index in [4.69, 9.17) is 17.2 Å². The van der Waals surface area contributed by atoms with Gasteiger partial charge in [0.25, 0.3) is 0 Å². The largest absolute Gasteiger partial charge is 0.481 e. The molecule has 0 saturated carbocycles. The van der Waals surface area contributed by atoms with Crippen LogP contribution in [0.1, 0.15) is 92.1 Å². The first kappa shape index (κ1) is 62.6. The summed E-state index contributed by atoms with van der Waals surface area (Å²) in [6.45, 7) is 8.60. The van der Waals surface area contributed by atoms with Crippen LogP contribution >= 0.6 is 0 Å². The monoisotopic (exact) mass is 1020 g/mol. The first-order chi connectivity index (χ1) is 33.7. The number of aliphatic imine (C=N–C) groups is 1. The standard InChI is InChI=1S/C45H72N12O15/c1-7-23(4)36(57-42(69)35(46)25(6)58)43(70)50-21-32(59)52-27(14-11-17-49-45(47)48)39(66)55-30(20-34(62)63)41(68)54-29(19-26-12-9-8-10-13-26)40(67)53-28(15-16-33(60)61)38(65)51-24(5)37(64)56-31(44(71)72)18-22(2)3/h8-10,12-13,22-25,27-31,35-36,58H,7,11,14-21,46H2,1-6H3,(H,50,70)(H,51,65)(H,52,59)(H,53,67)(H,54,68)(H,55,66)(H,56,64)(H,57,69)(H,60,61)(H,62,63)(H,71,72)(H4,47,48,49)/t23-,24-,25+,27-,28-,29-,30-,31-,35-,36-/m0/s1. The van der Waals surface area contributed by atoms with Crippen molar-refractivity contribution in [3.05, 3.63) is 35.9 Å². The molecule has 1 rings (SSSR count). The summed E-state index contributed by atoms with van der Waals surface area (Å²) in [6.07, 6.45) is -3.48. The second-order valence-corrected chi connectivity index (χ2v) is 17.6. The number of nitrogens with one attached hydrogen (secondary N) is 8. The highest BCUT2D eigenvalue weighted by atomic mass is 16.4. The molecule has 0 heterocycles. The maximum Gasteiger partial charge on any atom is 0.326 e. The molecule has 27 heteroatoms. The van der Waals surface area contributed by atoms with E-state index >= 15 is 0 Å². The van der Waals surface area contributed by atoms with Gasteiger partial charge in [0.05, 0.1) is 19.1 Å². The Hall–Kier alpha value is -7.42. The molecule has 10 atom stereocenters. The Morgan fingerprint density at radius 3 is 1.71 bits per heavy atom. The lowest BCUT2D eigenvalue weighted by Gasteiger charge is -2.27. The second-order valence-electron chi connectivity index (χ2n) is 17.6. The van der Waals surface area contributed by atoms with Crippen molar-refractivity contribution in [1.29, 1.82) is 0 Å². The molecule has 0 aliphatic carbocycles. The predicted molar refractivity (Wildman–Crippen MR) is 258 cm³/mol. The van der Waals surface area contributed by atoms with Crippen LogP contribution in [0.15, 0.2) is 35.3 Å². The second kappa shape index (κ2) is 31.7. The van der Waals surface area contributed by atoms with Crippen LogP contribution < -0.4 is 59.7 Å². The topological polar surface area (TPSA) is 455 Å². The van der Waals surface area contributed by atoms with Gasteiger partial charge in [0.2, 0.25) is 47.3 Å². The van der Waals surface area contributed by atoms with E-state index in [0.717, 1.165) is 0 Å². The van der Waals surface area contributed by atoms with Crippen molar-refractivity contribution in [2.24, 2.45) is 34.0 Å². The van der Waals surface area contributed by atoms with Crippen molar-refractivity contribution in [1.82, 2.24) is 42.5 Å². The Balaban J connectivity index is 3.46. The number of carbonyl (C=O) groups excluding carboxylic acids is 8. The molecule has 0 fully saturated rings. The van der Waals surface area contributed by atoms with E-state index in [1.807, 2.05) is 0 Å². The number of aliphatic carboxylic acids is 3. The smallest absolute Gasteiger partial charge is 0.326 e. The van der Waals surface area contributed by atoms with Crippen molar-refractivity contribution in [2.45, 2.75) is 147 Å². The van der Waals surface area contributed by atoms with Gasteiger partial charge in [-0.25, -0.2) is 4.79 Å². The van der Waals surface area contributed by atoms with Gasteiger partial charge in [-0.3, -0.25) is 52.9 Å². The molecule has 0 bridgehead atoms. The third kappa shape index (κ3) is 23.9. The summed E-state index contributed by atoms with van der Waals surface area (Å²) in [5.74, 6) is -13.0. The number of benzene rings is 1. The molecule has 0 radical (unpaired) electrons. The number of hydrogen-bond acceptors (Lipinski definition) is 14. The third-order valence-electron chi connectivity index (χ3n) is 10.9. The summed E-state index contributed by atoms with van der Waals surface area (Å²) in [4.78, 5) is 147. The number of aliphatic hydroxyl groups is 1. The summed E-state index contributed by atoms with van der Waals surface area (Å²) in [5, 5.41) is 57.5. The van der Waals surface area contributed by atoms with Gasteiger partial charge < -0.3 is 80.2 Å².